The molecule has 2 aromatic carbocycles. The number of anilines is 1. The summed E-state index contributed by atoms with van der Waals surface area (Å²) in [6.45, 7) is 0. The minimum absolute atomic E-state index is 0.0469. The Kier molecular flexibility index (Phi) is 5.40. The molecule has 0 amide bonds. The van der Waals surface area contributed by atoms with Crippen molar-refractivity contribution in [2.45, 2.75) is 11.3 Å². The number of nitro groups is 1. The summed E-state index contributed by atoms with van der Waals surface area (Å²) < 4.78 is 40.5. The average Bonchev–Trinajstić information content (AvgIpc) is 3.00. The van der Waals surface area contributed by atoms with Gasteiger partial charge in [0.05, 0.1) is 4.92 Å². The molecule has 0 saturated heterocycles. The number of halogens is 2. The van der Waals surface area contributed by atoms with Gasteiger partial charge in [0.2, 0.25) is 0 Å². The number of rotatable bonds is 6. The molecule has 7 nitrogen and oxygen atoms in total. The Bertz CT molecular complexity index is 1120. The van der Waals surface area contributed by atoms with E-state index in [0.29, 0.717) is 16.9 Å². The molecule has 140 valence electrons. The minimum atomic E-state index is -4.23. The first kappa shape index (κ1) is 19.2. The van der Waals surface area contributed by atoms with Crippen LogP contribution in [0.4, 0.5) is 15.2 Å². The fourth-order valence-corrected chi connectivity index (χ4v) is 4.72. The fourth-order valence-electron chi connectivity index (χ4n) is 2.31. The van der Waals surface area contributed by atoms with Gasteiger partial charge >= 0.3 is 0 Å². The monoisotopic (exact) mass is 427 g/mol. The van der Waals surface area contributed by atoms with E-state index in [1.807, 2.05) is 0 Å². The van der Waals surface area contributed by atoms with Gasteiger partial charge in [-0.15, -0.1) is 11.3 Å². The van der Waals surface area contributed by atoms with Crippen LogP contribution in [0, 0.1) is 15.9 Å². The van der Waals surface area contributed by atoms with Crippen LogP contribution in [0.5, 0.6) is 0 Å². The van der Waals surface area contributed by atoms with Crippen molar-refractivity contribution >= 4 is 43.8 Å². The summed E-state index contributed by atoms with van der Waals surface area (Å²) in [7, 11) is -4.23. The molecule has 0 atom stereocenters. The first-order chi connectivity index (χ1) is 12.7. The molecule has 3 aromatic rings. The maximum atomic E-state index is 13.2. The van der Waals surface area contributed by atoms with Crippen molar-refractivity contribution in [2.24, 2.45) is 0 Å². The molecule has 0 saturated carbocycles. The topological polar surface area (TPSA) is 102 Å². The van der Waals surface area contributed by atoms with Crippen LogP contribution in [-0.2, 0) is 16.4 Å². The molecule has 0 aliphatic heterocycles. The standard InChI is InChI=1S/C16H11ClFN3O4S2/c17-11-4-5-15(14(8-11)21(22)23)27(24,25)20-16-19-9-13(26-16)7-10-2-1-3-12(18)6-10/h1-6,8-9H,7H2,(H,19,20). The van der Waals surface area contributed by atoms with Crippen molar-refractivity contribution in [3.8, 4) is 0 Å². The van der Waals surface area contributed by atoms with Crippen LogP contribution in [0.3, 0.4) is 0 Å². The van der Waals surface area contributed by atoms with E-state index in [2.05, 4.69) is 9.71 Å². The molecule has 0 spiro atoms. The van der Waals surface area contributed by atoms with Crippen molar-refractivity contribution < 1.29 is 17.7 Å². The number of benzene rings is 2. The summed E-state index contributed by atoms with van der Waals surface area (Å²) in [4.78, 5) is 14.5. The second kappa shape index (κ2) is 7.59. The van der Waals surface area contributed by atoms with Crippen LogP contribution in [0.15, 0.2) is 53.6 Å². The highest BCUT2D eigenvalue weighted by atomic mass is 35.5. The van der Waals surface area contributed by atoms with Gasteiger partial charge in [-0.05, 0) is 29.8 Å². The number of aromatic nitrogens is 1. The Balaban J connectivity index is 1.83. The molecule has 0 bridgehead atoms. The Labute approximate surface area is 162 Å². The van der Waals surface area contributed by atoms with Crippen molar-refractivity contribution in [3.05, 3.63) is 80.1 Å². The lowest BCUT2D eigenvalue weighted by atomic mass is 10.1. The molecule has 3 rings (SSSR count). The number of hydrogen-bond acceptors (Lipinski definition) is 6. The first-order valence-electron chi connectivity index (χ1n) is 7.40. The van der Waals surface area contributed by atoms with Gasteiger partial charge in [-0.2, -0.15) is 0 Å². The van der Waals surface area contributed by atoms with Crippen LogP contribution in [0.25, 0.3) is 0 Å². The van der Waals surface area contributed by atoms with E-state index in [4.69, 9.17) is 11.6 Å². The molecule has 11 heteroatoms. The predicted octanol–water partition coefficient (Wildman–Crippen LogP) is 4.24. The van der Waals surface area contributed by atoms with Crippen molar-refractivity contribution in [2.75, 3.05) is 4.72 Å². The van der Waals surface area contributed by atoms with E-state index in [1.165, 1.54) is 24.4 Å². The Morgan fingerprint density at radius 1 is 1.26 bits per heavy atom. The normalized spacial score (nSPS) is 11.3. The highest BCUT2D eigenvalue weighted by Crippen LogP contribution is 2.30. The molecule has 0 fully saturated rings. The number of nitrogens with zero attached hydrogens (tertiary/aromatic N) is 2. The fraction of sp³-hybridized carbons (Fsp3) is 0.0625. The molecule has 1 heterocycles. The second-order valence-corrected chi connectivity index (χ2v) is 8.62. The second-order valence-electron chi connectivity index (χ2n) is 5.41. The lowest BCUT2D eigenvalue weighted by molar-refractivity contribution is -0.387. The van der Waals surface area contributed by atoms with E-state index in [9.17, 15) is 22.9 Å². The van der Waals surface area contributed by atoms with E-state index < -0.39 is 25.5 Å². The van der Waals surface area contributed by atoms with E-state index >= 15 is 0 Å². The van der Waals surface area contributed by atoms with Gasteiger partial charge in [0, 0.05) is 28.6 Å². The maximum Gasteiger partial charge on any atom is 0.291 e. The number of nitro benzene ring substituents is 1. The third-order valence-corrected chi connectivity index (χ3v) is 6.11. The van der Waals surface area contributed by atoms with Gasteiger partial charge < -0.3 is 0 Å². The van der Waals surface area contributed by atoms with Gasteiger partial charge in [0.25, 0.3) is 15.7 Å². The summed E-state index contributed by atoms with van der Waals surface area (Å²) in [5, 5.41) is 11.2. The SMILES string of the molecule is O=[N+]([O-])c1cc(Cl)ccc1S(=O)(=O)Nc1ncc(Cc2cccc(F)c2)s1. The van der Waals surface area contributed by atoms with Crippen LogP contribution >= 0.6 is 22.9 Å². The molecule has 1 N–H and O–H groups in total. The molecule has 1 aromatic heterocycles. The van der Waals surface area contributed by atoms with Gasteiger partial charge in [0.1, 0.15) is 5.82 Å². The zero-order valence-electron chi connectivity index (χ0n) is 13.4. The molecule has 0 unspecified atom stereocenters. The number of hydrogen-bond donors (Lipinski definition) is 1. The number of nitrogens with one attached hydrogen (secondary N) is 1. The first-order valence-corrected chi connectivity index (χ1v) is 10.1. The van der Waals surface area contributed by atoms with Crippen LogP contribution in [0.1, 0.15) is 10.4 Å². The predicted molar refractivity (Wildman–Crippen MR) is 100 cm³/mol. The molecule has 0 aliphatic carbocycles. The van der Waals surface area contributed by atoms with Gasteiger partial charge in [-0.1, -0.05) is 23.7 Å². The van der Waals surface area contributed by atoms with Gasteiger partial charge in [-0.25, -0.2) is 17.8 Å². The summed E-state index contributed by atoms with van der Waals surface area (Å²) in [5.74, 6) is -0.368. The minimum Gasteiger partial charge on any atom is -0.258 e. The van der Waals surface area contributed by atoms with E-state index in [0.717, 1.165) is 23.5 Å². The summed E-state index contributed by atoms with van der Waals surface area (Å²) >= 11 is 6.76. The summed E-state index contributed by atoms with van der Waals surface area (Å²) in [5.41, 5.74) is 0.0768. The Morgan fingerprint density at radius 2 is 2.04 bits per heavy atom. The molecular formula is C16H11ClFN3O4S2. The van der Waals surface area contributed by atoms with Crippen molar-refractivity contribution in [1.82, 2.24) is 4.98 Å². The van der Waals surface area contributed by atoms with Crippen LogP contribution in [0.2, 0.25) is 5.02 Å². The number of sulfonamides is 1. The highest BCUT2D eigenvalue weighted by Gasteiger charge is 2.27. The molecular weight excluding hydrogens is 417 g/mol. The van der Waals surface area contributed by atoms with Crippen LogP contribution < -0.4 is 4.72 Å². The van der Waals surface area contributed by atoms with Crippen LogP contribution in [-0.4, -0.2) is 18.3 Å². The maximum absolute atomic E-state index is 13.2. The van der Waals surface area contributed by atoms with Crippen molar-refractivity contribution in [3.63, 3.8) is 0 Å². The summed E-state index contributed by atoms with van der Waals surface area (Å²) in [6.07, 6.45) is 1.84. The summed E-state index contributed by atoms with van der Waals surface area (Å²) in [6, 6.07) is 9.30. The van der Waals surface area contributed by atoms with E-state index in [-0.39, 0.29) is 16.0 Å². The third-order valence-electron chi connectivity index (χ3n) is 3.45. The lowest BCUT2D eigenvalue weighted by Gasteiger charge is -2.06. The zero-order valence-corrected chi connectivity index (χ0v) is 15.8. The zero-order chi connectivity index (χ0) is 19.6. The Hall–Kier alpha value is -2.56. The quantitative estimate of drug-likeness (QED) is 0.468. The molecule has 27 heavy (non-hydrogen) atoms. The third kappa shape index (κ3) is 4.59. The smallest absolute Gasteiger partial charge is 0.258 e. The molecule has 0 aliphatic rings. The van der Waals surface area contributed by atoms with E-state index in [1.54, 1.807) is 12.1 Å². The average molecular weight is 428 g/mol. The molecule has 0 radical (unpaired) electrons. The van der Waals surface area contributed by atoms with Crippen molar-refractivity contribution in [1.29, 1.82) is 0 Å². The Morgan fingerprint density at radius 3 is 2.74 bits per heavy atom. The number of thiazole rings is 1. The van der Waals surface area contributed by atoms with Gasteiger partial charge in [0.15, 0.2) is 10.0 Å². The lowest BCUT2D eigenvalue weighted by Crippen LogP contribution is -2.14. The largest absolute Gasteiger partial charge is 0.291 e. The van der Waals surface area contributed by atoms with Gasteiger partial charge in [-0.3, -0.25) is 14.8 Å². The highest BCUT2D eigenvalue weighted by molar-refractivity contribution is 7.93.